The molecule has 19 heavy (non-hydrogen) atoms. The van der Waals surface area contributed by atoms with E-state index in [1.807, 2.05) is 0 Å². The van der Waals surface area contributed by atoms with Crippen molar-refractivity contribution in [3.05, 3.63) is 0 Å². The summed E-state index contributed by atoms with van der Waals surface area (Å²) < 4.78 is 2.82. The zero-order chi connectivity index (χ0) is 14.4. The molecule has 0 amide bonds. The molecule has 114 valence electrons. The Labute approximate surface area is 122 Å². The van der Waals surface area contributed by atoms with E-state index in [4.69, 9.17) is 0 Å². The molecule has 2 N–H and O–H groups in total. The molecule has 1 rings (SSSR count). The Kier molecular flexibility index (Phi) is 7.58. The van der Waals surface area contributed by atoms with Crippen LogP contribution >= 0.6 is 0 Å². The summed E-state index contributed by atoms with van der Waals surface area (Å²) in [5, 5.41) is 0. The highest BCUT2D eigenvalue weighted by atomic mass is 28.3. The Morgan fingerprint density at radius 2 is 1.42 bits per heavy atom. The molecule has 4 heteroatoms. The summed E-state index contributed by atoms with van der Waals surface area (Å²) in [5.41, 5.74) is 0. The van der Waals surface area contributed by atoms with Crippen molar-refractivity contribution in [3.8, 4) is 0 Å². The lowest BCUT2D eigenvalue weighted by molar-refractivity contribution is 0.278. The van der Waals surface area contributed by atoms with E-state index in [0.29, 0.717) is 12.1 Å². The molecule has 0 bridgehead atoms. The van der Waals surface area contributed by atoms with E-state index in [9.17, 15) is 0 Å². The van der Waals surface area contributed by atoms with Gasteiger partial charge in [-0.15, -0.1) is 0 Å². The molecule has 0 aromatic rings. The molecule has 0 spiro atoms. The fraction of sp³-hybridized carbons (Fsp3) is 1.00. The lowest BCUT2D eigenvalue weighted by Crippen LogP contribution is -2.66. The Morgan fingerprint density at radius 3 is 1.79 bits per heavy atom. The standard InChI is InChI=1S/C15H35N3Si/c1-12(2)11-18(15-9-7-8-10-15)19(16-13(3)4)17-14(5)6/h12-17,19H,7-11H2,1-6H3. The zero-order valence-electron chi connectivity index (χ0n) is 13.9. The molecule has 1 aliphatic rings. The van der Waals surface area contributed by atoms with Gasteiger partial charge in [0.05, 0.1) is 0 Å². The van der Waals surface area contributed by atoms with Gasteiger partial charge in [0.1, 0.15) is 0 Å². The SMILES string of the molecule is CC(C)CN(C1CCCC1)[SiH](NC(C)C)NC(C)C. The molecule has 0 aromatic carbocycles. The van der Waals surface area contributed by atoms with Crippen molar-refractivity contribution < 1.29 is 0 Å². The molecule has 0 aliphatic heterocycles. The molecular weight excluding hydrogens is 250 g/mol. The van der Waals surface area contributed by atoms with Crippen LogP contribution in [0.2, 0.25) is 0 Å². The van der Waals surface area contributed by atoms with Crippen molar-refractivity contribution in [1.29, 1.82) is 0 Å². The molecule has 1 fully saturated rings. The van der Waals surface area contributed by atoms with Crippen molar-refractivity contribution >= 4 is 9.28 Å². The Bertz CT molecular complexity index is 228. The van der Waals surface area contributed by atoms with Gasteiger partial charge in [-0.25, -0.2) is 0 Å². The third kappa shape index (κ3) is 6.39. The van der Waals surface area contributed by atoms with Crippen molar-refractivity contribution in [2.75, 3.05) is 6.54 Å². The average molecular weight is 286 g/mol. The highest BCUT2D eigenvalue weighted by Crippen LogP contribution is 2.24. The third-order valence-corrected chi connectivity index (χ3v) is 6.94. The van der Waals surface area contributed by atoms with Crippen LogP contribution < -0.4 is 9.96 Å². The predicted molar refractivity (Wildman–Crippen MR) is 87.5 cm³/mol. The fourth-order valence-corrected chi connectivity index (χ4v) is 6.09. The van der Waals surface area contributed by atoms with Gasteiger partial charge in [0.2, 0.25) is 0 Å². The van der Waals surface area contributed by atoms with E-state index in [2.05, 4.69) is 56.1 Å². The van der Waals surface area contributed by atoms with Crippen LogP contribution in [0.5, 0.6) is 0 Å². The van der Waals surface area contributed by atoms with Crippen molar-refractivity contribution in [2.45, 2.75) is 85.4 Å². The molecule has 0 radical (unpaired) electrons. The van der Waals surface area contributed by atoms with Crippen LogP contribution in [0.15, 0.2) is 0 Å². The molecule has 0 heterocycles. The van der Waals surface area contributed by atoms with Gasteiger partial charge in [0.15, 0.2) is 0 Å². The lowest BCUT2D eigenvalue weighted by atomic mass is 10.2. The van der Waals surface area contributed by atoms with Crippen LogP contribution in [0.1, 0.15) is 67.2 Å². The first-order chi connectivity index (χ1) is 8.90. The van der Waals surface area contributed by atoms with Gasteiger partial charge in [-0.2, -0.15) is 0 Å². The van der Waals surface area contributed by atoms with Crippen LogP contribution in [-0.2, 0) is 0 Å². The van der Waals surface area contributed by atoms with Gasteiger partial charge in [-0.05, 0) is 37.4 Å². The highest BCUT2D eigenvalue weighted by molar-refractivity contribution is 6.50. The second-order valence-electron chi connectivity index (χ2n) is 7.07. The van der Waals surface area contributed by atoms with Crippen molar-refractivity contribution in [1.82, 2.24) is 14.5 Å². The predicted octanol–water partition coefficient (Wildman–Crippen LogP) is 2.60. The fourth-order valence-electron chi connectivity index (χ4n) is 2.99. The quantitative estimate of drug-likeness (QED) is 0.671. The molecule has 0 atom stereocenters. The number of hydrogen-bond donors (Lipinski definition) is 2. The summed E-state index contributed by atoms with van der Waals surface area (Å²) in [6.07, 6.45) is 5.64. The van der Waals surface area contributed by atoms with Crippen molar-refractivity contribution in [2.24, 2.45) is 5.92 Å². The minimum atomic E-state index is -1.24. The Hall–Kier alpha value is 0.0969. The summed E-state index contributed by atoms with van der Waals surface area (Å²) in [7, 11) is -1.24. The highest BCUT2D eigenvalue weighted by Gasteiger charge is 2.31. The van der Waals surface area contributed by atoms with Gasteiger partial charge in [0, 0.05) is 6.04 Å². The van der Waals surface area contributed by atoms with E-state index in [1.165, 1.54) is 32.2 Å². The Balaban J connectivity index is 2.74. The summed E-state index contributed by atoms with van der Waals surface area (Å²) in [4.78, 5) is 7.69. The smallest absolute Gasteiger partial charge is 0.267 e. The topological polar surface area (TPSA) is 27.3 Å². The molecule has 0 saturated heterocycles. The van der Waals surface area contributed by atoms with Crippen LogP contribution in [0.3, 0.4) is 0 Å². The second-order valence-corrected chi connectivity index (χ2v) is 9.21. The summed E-state index contributed by atoms with van der Waals surface area (Å²) in [6, 6.07) is 1.95. The van der Waals surface area contributed by atoms with Crippen LogP contribution in [-0.4, -0.2) is 38.5 Å². The molecule has 3 nitrogen and oxygen atoms in total. The van der Waals surface area contributed by atoms with Gasteiger partial charge in [0.25, 0.3) is 9.28 Å². The number of hydrogen-bond acceptors (Lipinski definition) is 3. The maximum atomic E-state index is 3.85. The van der Waals surface area contributed by atoms with Crippen molar-refractivity contribution in [3.63, 3.8) is 0 Å². The van der Waals surface area contributed by atoms with E-state index < -0.39 is 9.28 Å². The van der Waals surface area contributed by atoms with Gasteiger partial charge in [-0.3, -0.25) is 4.57 Å². The minimum absolute atomic E-state index is 0.569. The summed E-state index contributed by atoms with van der Waals surface area (Å²) >= 11 is 0. The van der Waals surface area contributed by atoms with E-state index in [1.54, 1.807) is 0 Å². The Morgan fingerprint density at radius 1 is 0.947 bits per heavy atom. The molecule has 1 saturated carbocycles. The monoisotopic (exact) mass is 285 g/mol. The molecular formula is C15H35N3Si. The molecule has 0 unspecified atom stereocenters. The van der Waals surface area contributed by atoms with Crippen LogP contribution in [0.4, 0.5) is 0 Å². The first-order valence-corrected chi connectivity index (χ1v) is 9.85. The van der Waals surface area contributed by atoms with Gasteiger partial charge >= 0.3 is 0 Å². The normalized spacial score (nSPS) is 17.8. The third-order valence-electron chi connectivity index (χ3n) is 3.68. The lowest BCUT2D eigenvalue weighted by Gasteiger charge is -2.39. The summed E-state index contributed by atoms with van der Waals surface area (Å²) in [5.74, 6) is 0.749. The maximum absolute atomic E-state index is 3.85. The average Bonchev–Trinajstić information content (AvgIpc) is 2.76. The van der Waals surface area contributed by atoms with Crippen LogP contribution in [0.25, 0.3) is 0 Å². The first kappa shape index (κ1) is 17.1. The van der Waals surface area contributed by atoms with Gasteiger partial charge < -0.3 is 9.96 Å². The minimum Gasteiger partial charge on any atom is -0.313 e. The first-order valence-electron chi connectivity index (χ1n) is 8.18. The van der Waals surface area contributed by atoms with E-state index in [0.717, 1.165) is 12.0 Å². The summed E-state index contributed by atoms with van der Waals surface area (Å²) in [6.45, 7) is 15.0. The largest absolute Gasteiger partial charge is 0.313 e. The van der Waals surface area contributed by atoms with Gasteiger partial charge in [-0.1, -0.05) is 54.4 Å². The van der Waals surface area contributed by atoms with E-state index in [-0.39, 0.29) is 0 Å². The number of rotatable bonds is 8. The second kappa shape index (κ2) is 8.40. The zero-order valence-corrected chi connectivity index (χ0v) is 15.0. The molecule has 0 aromatic heterocycles. The maximum Gasteiger partial charge on any atom is 0.267 e. The molecule has 1 aliphatic carbocycles. The number of nitrogens with zero attached hydrogens (tertiary/aromatic N) is 1. The van der Waals surface area contributed by atoms with Crippen LogP contribution in [0, 0.1) is 5.92 Å². The number of nitrogens with one attached hydrogen (secondary N) is 2. The van der Waals surface area contributed by atoms with E-state index >= 15 is 0 Å².